The molecule has 3 aliphatic rings. The van der Waals surface area contributed by atoms with Crippen LogP contribution in [-0.4, -0.2) is 21.9 Å². The van der Waals surface area contributed by atoms with Crippen molar-refractivity contribution in [3.05, 3.63) is 29.3 Å². The van der Waals surface area contributed by atoms with Crippen LogP contribution >= 0.6 is 0 Å². The third kappa shape index (κ3) is 1.68. The first kappa shape index (κ1) is 13.6. The molecular weight excluding hydrogens is 262 g/mol. The van der Waals surface area contributed by atoms with Gasteiger partial charge in [-0.05, 0) is 73.1 Å². The van der Waals surface area contributed by atoms with Crippen LogP contribution in [-0.2, 0) is 6.42 Å². The average Bonchev–Trinajstić information content (AvgIpc) is 2.75. The van der Waals surface area contributed by atoms with Crippen molar-refractivity contribution in [2.75, 3.05) is 0 Å². The summed E-state index contributed by atoms with van der Waals surface area (Å²) in [5.41, 5.74) is 9.39. The number of hydrogen-bond acceptors (Lipinski definition) is 3. The van der Waals surface area contributed by atoms with E-state index < -0.39 is 0 Å². The van der Waals surface area contributed by atoms with Crippen LogP contribution in [0.5, 0.6) is 5.75 Å². The predicted octanol–water partition coefficient (Wildman–Crippen LogP) is 2.69. The Labute approximate surface area is 126 Å². The van der Waals surface area contributed by atoms with Gasteiger partial charge in [0.05, 0.1) is 6.10 Å². The van der Waals surface area contributed by atoms with Gasteiger partial charge in [0.15, 0.2) is 0 Å². The lowest BCUT2D eigenvalue weighted by Crippen LogP contribution is -2.61. The van der Waals surface area contributed by atoms with Crippen LogP contribution in [0.3, 0.4) is 0 Å². The minimum absolute atomic E-state index is 0.000325. The first-order valence-corrected chi connectivity index (χ1v) is 8.24. The minimum Gasteiger partial charge on any atom is -0.508 e. The fourth-order valence-corrected chi connectivity index (χ4v) is 5.70. The fourth-order valence-electron chi connectivity index (χ4n) is 5.70. The van der Waals surface area contributed by atoms with Crippen molar-refractivity contribution in [1.82, 2.24) is 0 Å². The molecule has 0 aliphatic heterocycles. The number of rotatable bonds is 0. The molecule has 0 bridgehead atoms. The quantitative estimate of drug-likeness (QED) is 0.687. The number of nitrogens with two attached hydrogens (primary N) is 1. The second-order valence-electron chi connectivity index (χ2n) is 7.74. The molecule has 0 spiro atoms. The molecule has 0 aromatic heterocycles. The summed E-state index contributed by atoms with van der Waals surface area (Å²) < 4.78 is 0. The Balaban J connectivity index is 1.78. The van der Waals surface area contributed by atoms with Crippen LogP contribution in [0.15, 0.2) is 18.2 Å². The van der Waals surface area contributed by atoms with E-state index in [1.165, 1.54) is 11.1 Å². The number of benzene rings is 1. The zero-order valence-electron chi connectivity index (χ0n) is 12.7. The van der Waals surface area contributed by atoms with Crippen molar-refractivity contribution >= 4 is 0 Å². The highest BCUT2D eigenvalue weighted by atomic mass is 16.3. The molecule has 0 radical (unpaired) electrons. The van der Waals surface area contributed by atoms with Gasteiger partial charge in [0.2, 0.25) is 0 Å². The van der Waals surface area contributed by atoms with Crippen LogP contribution in [0.25, 0.3) is 0 Å². The SMILES string of the molecule is CC12CCC3c4ccc(O)cc4CCC3(N)C1CCC2O. The smallest absolute Gasteiger partial charge is 0.115 e. The van der Waals surface area contributed by atoms with E-state index in [0.29, 0.717) is 17.6 Å². The molecule has 0 amide bonds. The summed E-state index contributed by atoms with van der Waals surface area (Å²) >= 11 is 0. The molecule has 5 unspecified atom stereocenters. The van der Waals surface area contributed by atoms with Gasteiger partial charge in [-0.1, -0.05) is 13.0 Å². The molecular formula is C18H25NO2. The minimum atomic E-state index is -0.190. The third-order valence-electron chi connectivity index (χ3n) is 6.88. The fraction of sp³-hybridized carbons (Fsp3) is 0.667. The molecule has 21 heavy (non-hydrogen) atoms. The topological polar surface area (TPSA) is 66.5 Å². The highest BCUT2D eigenvalue weighted by Crippen LogP contribution is 2.61. The van der Waals surface area contributed by atoms with Gasteiger partial charge < -0.3 is 15.9 Å². The third-order valence-corrected chi connectivity index (χ3v) is 6.88. The highest BCUT2D eigenvalue weighted by Gasteiger charge is 2.60. The molecule has 2 fully saturated rings. The molecule has 114 valence electrons. The van der Waals surface area contributed by atoms with Crippen molar-refractivity contribution in [3.63, 3.8) is 0 Å². The van der Waals surface area contributed by atoms with Gasteiger partial charge in [0.1, 0.15) is 5.75 Å². The van der Waals surface area contributed by atoms with Gasteiger partial charge in [0, 0.05) is 11.5 Å². The van der Waals surface area contributed by atoms with E-state index in [4.69, 9.17) is 5.73 Å². The Bertz CT molecular complexity index is 587. The Morgan fingerprint density at radius 3 is 2.81 bits per heavy atom. The molecule has 4 rings (SSSR count). The molecule has 2 saturated carbocycles. The van der Waals surface area contributed by atoms with Gasteiger partial charge in [-0.25, -0.2) is 0 Å². The molecule has 3 nitrogen and oxygen atoms in total. The Hall–Kier alpha value is -1.06. The maximum absolute atomic E-state index is 10.4. The molecule has 4 N–H and O–H groups in total. The maximum Gasteiger partial charge on any atom is 0.115 e. The van der Waals surface area contributed by atoms with Crippen LogP contribution in [0.4, 0.5) is 0 Å². The first-order valence-electron chi connectivity index (χ1n) is 8.24. The highest BCUT2D eigenvalue weighted by molar-refractivity contribution is 5.42. The van der Waals surface area contributed by atoms with E-state index in [2.05, 4.69) is 13.0 Å². The number of phenols is 1. The Morgan fingerprint density at radius 1 is 1.19 bits per heavy atom. The molecule has 3 aliphatic carbocycles. The van der Waals surface area contributed by atoms with E-state index in [9.17, 15) is 10.2 Å². The molecule has 1 aromatic rings. The molecule has 0 saturated heterocycles. The maximum atomic E-state index is 10.4. The average molecular weight is 287 g/mol. The number of aliphatic hydroxyl groups excluding tert-OH is 1. The van der Waals surface area contributed by atoms with Gasteiger partial charge >= 0.3 is 0 Å². The first-order chi connectivity index (χ1) is 9.95. The monoisotopic (exact) mass is 287 g/mol. The number of aliphatic hydroxyl groups is 1. The summed E-state index contributed by atoms with van der Waals surface area (Å²) in [6.45, 7) is 2.24. The lowest BCUT2D eigenvalue weighted by atomic mass is 9.51. The van der Waals surface area contributed by atoms with Crippen molar-refractivity contribution in [2.45, 2.75) is 63.0 Å². The molecule has 1 aromatic carbocycles. The van der Waals surface area contributed by atoms with E-state index in [1.54, 1.807) is 6.07 Å². The summed E-state index contributed by atoms with van der Waals surface area (Å²) in [4.78, 5) is 0. The number of aryl methyl sites for hydroxylation is 1. The van der Waals surface area contributed by atoms with Crippen molar-refractivity contribution < 1.29 is 10.2 Å². The normalized spacial score (nSPS) is 44.8. The summed E-state index contributed by atoms with van der Waals surface area (Å²) in [6, 6.07) is 5.78. The molecule has 5 atom stereocenters. The number of hydrogen-bond donors (Lipinski definition) is 3. The summed E-state index contributed by atoms with van der Waals surface area (Å²) in [7, 11) is 0. The molecule has 0 heterocycles. The number of phenolic OH excluding ortho intramolecular Hbond substituents is 1. The summed E-state index contributed by atoms with van der Waals surface area (Å²) in [5.74, 6) is 1.15. The Morgan fingerprint density at radius 2 is 2.00 bits per heavy atom. The lowest BCUT2D eigenvalue weighted by molar-refractivity contribution is -0.0349. The van der Waals surface area contributed by atoms with E-state index in [0.717, 1.165) is 38.5 Å². The van der Waals surface area contributed by atoms with E-state index >= 15 is 0 Å². The zero-order chi connectivity index (χ0) is 14.8. The summed E-state index contributed by atoms with van der Waals surface area (Å²) in [6.07, 6.45) is 5.79. The van der Waals surface area contributed by atoms with Gasteiger partial charge in [-0.2, -0.15) is 0 Å². The van der Waals surface area contributed by atoms with Crippen LogP contribution in [0.2, 0.25) is 0 Å². The van der Waals surface area contributed by atoms with Crippen molar-refractivity contribution in [2.24, 2.45) is 17.1 Å². The number of fused-ring (bicyclic) bond motifs is 5. The van der Waals surface area contributed by atoms with Crippen LogP contribution in [0, 0.1) is 11.3 Å². The standard InChI is InChI=1S/C18H25NO2/c1-17-8-7-14-13-3-2-12(20)10-11(13)6-9-18(14,19)15(17)4-5-16(17)21/h2-3,10,14-16,20-21H,4-9,19H2,1H3. The van der Waals surface area contributed by atoms with E-state index in [-0.39, 0.29) is 17.1 Å². The number of aromatic hydroxyl groups is 1. The van der Waals surface area contributed by atoms with Crippen molar-refractivity contribution in [1.29, 1.82) is 0 Å². The lowest BCUT2D eigenvalue weighted by Gasteiger charge is -2.56. The second-order valence-corrected chi connectivity index (χ2v) is 7.74. The van der Waals surface area contributed by atoms with Crippen LogP contribution < -0.4 is 5.73 Å². The summed E-state index contributed by atoms with van der Waals surface area (Å²) in [5, 5.41) is 20.1. The predicted molar refractivity (Wildman–Crippen MR) is 82.2 cm³/mol. The van der Waals surface area contributed by atoms with Gasteiger partial charge in [0.25, 0.3) is 0 Å². The second kappa shape index (κ2) is 4.23. The zero-order valence-corrected chi connectivity index (χ0v) is 12.7. The van der Waals surface area contributed by atoms with E-state index in [1.807, 2.05) is 6.07 Å². The molecule has 3 heteroatoms. The van der Waals surface area contributed by atoms with Gasteiger partial charge in [-0.15, -0.1) is 0 Å². The Kier molecular flexibility index (Phi) is 2.74. The van der Waals surface area contributed by atoms with Crippen LogP contribution in [0.1, 0.15) is 56.1 Å². The van der Waals surface area contributed by atoms with Gasteiger partial charge in [-0.3, -0.25) is 0 Å². The largest absolute Gasteiger partial charge is 0.508 e. The van der Waals surface area contributed by atoms with Crippen molar-refractivity contribution in [3.8, 4) is 5.75 Å².